The topological polar surface area (TPSA) is 72.2 Å². The third-order valence-corrected chi connectivity index (χ3v) is 2.18. The molecule has 0 atom stereocenters. The summed E-state index contributed by atoms with van der Waals surface area (Å²) in [6.45, 7) is 0. The highest BCUT2D eigenvalue weighted by molar-refractivity contribution is 9.10. The van der Waals surface area contributed by atoms with E-state index in [1.54, 1.807) is 0 Å². The number of halogens is 2. The van der Waals surface area contributed by atoms with Crippen molar-refractivity contribution in [3.05, 3.63) is 28.5 Å². The molecule has 0 heterocycles. The summed E-state index contributed by atoms with van der Waals surface area (Å²) in [4.78, 5) is 0. The Kier molecular flexibility index (Phi) is 2.89. The highest BCUT2D eigenvalue weighted by atomic mass is 79.9. The van der Waals surface area contributed by atoms with Crippen LogP contribution in [0.3, 0.4) is 0 Å². The maximum absolute atomic E-state index is 13.0. The van der Waals surface area contributed by atoms with Crippen LogP contribution < -0.4 is 9.86 Å². The van der Waals surface area contributed by atoms with Gasteiger partial charge in [-0.05, 0) is 18.2 Å². The van der Waals surface area contributed by atoms with Gasteiger partial charge in [0.1, 0.15) is 5.82 Å². The summed E-state index contributed by atoms with van der Waals surface area (Å²) in [5.41, 5.74) is -0.175. The van der Waals surface area contributed by atoms with Crippen molar-refractivity contribution >= 4 is 31.8 Å². The molecule has 1 aromatic rings. The summed E-state index contributed by atoms with van der Waals surface area (Å²) in [5.74, 6) is -0.691. The first-order valence-electron chi connectivity index (χ1n) is 3.14. The maximum atomic E-state index is 13.0. The fourth-order valence-electron chi connectivity index (χ4n) is 0.726. The van der Waals surface area contributed by atoms with Gasteiger partial charge in [0, 0.05) is 4.47 Å². The third-order valence-electron chi connectivity index (χ3n) is 1.18. The van der Waals surface area contributed by atoms with E-state index in [9.17, 15) is 12.8 Å². The Morgan fingerprint density at radius 1 is 1.46 bits per heavy atom. The van der Waals surface area contributed by atoms with Gasteiger partial charge >= 0.3 is 0 Å². The number of hydrogen-bond acceptors (Lipinski definition) is 2. The van der Waals surface area contributed by atoms with Crippen molar-refractivity contribution in [1.82, 2.24) is 0 Å². The van der Waals surface area contributed by atoms with Crippen molar-refractivity contribution in [2.45, 2.75) is 0 Å². The Bertz CT molecular complexity index is 421. The van der Waals surface area contributed by atoms with Crippen LogP contribution in [-0.2, 0) is 10.2 Å². The second kappa shape index (κ2) is 3.60. The van der Waals surface area contributed by atoms with Crippen molar-refractivity contribution in [3.63, 3.8) is 0 Å². The lowest BCUT2D eigenvalue weighted by Gasteiger charge is -2.04. The van der Waals surface area contributed by atoms with Crippen LogP contribution >= 0.6 is 15.9 Å². The lowest BCUT2D eigenvalue weighted by molar-refractivity contribution is 0.600. The number of anilines is 1. The van der Waals surface area contributed by atoms with Gasteiger partial charge in [0.2, 0.25) is 0 Å². The van der Waals surface area contributed by atoms with Gasteiger partial charge in [-0.1, -0.05) is 15.9 Å². The molecule has 0 aromatic heterocycles. The molecule has 0 amide bonds. The molecule has 3 N–H and O–H groups in total. The molecule has 4 nitrogen and oxygen atoms in total. The monoisotopic (exact) mass is 268 g/mol. The summed E-state index contributed by atoms with van der Waals surface area (Å²) < 4.78 is 36.4. The molecule has 0 unspecified atom stereocenters. The van der Waals surface area contributed by atoms with Crippen LogP contribution in [0.2, 0.25) is 0 Å². The van der Waals surface area contributed by atoms with Crippen molar-refractivity contribution in [2.24, 2.45) is 5.14 Å². The Balaban J connectivity index is 3.04. The summed E-state index contributed by atoms with van der Waals surface area (Å²) in [6.07, 6.45) is 0. The van der Waals surface area contributed by atoms with Gasteiger partial charge in [0.05, 0.1) is 5.69 Å². The van der Waals surface area contributed by atoms with Crippen LogP contribution in [-0.4, -0.2) is 8.42 Å². The van der Waals surface area contributed by atoms with Crippen molar-refractivity contribution < 1.29 is 12.8 Å². The first-order valence-corrected chi connectivity index (χ1v) is 5.48. The van der Waals surface area contributed by atoms with Crippen LogP contribution in [0.25, 0.3) is 0 Å². The molecular formula is C6H6BrFN2O2S. The van der Waals surface area contributed by atoms with Crippen LogP contribution in [0.1, 0.15) is 0 Å². The molecule has 13 heavy (non-hydrogen) atoms. The molecule has 7 heteroatoms. The second-order valence-corrected chi connectivity index (χ2v) is 4.48. The number of benzene rings is 1. The lowest BCUT2D eigenvalue weighted by Crippen LogP contribution is -2.22. The molecule has 0 aliphatic rings. The number of nitrogens with two attached hydrogens (primary N) is 1. The number of hydrogen-bond donors (Lipinski definition) is 2. The largest absolute Gasteiger partial charge is 0.296 e. The van der Waals surface area contributed by atoms with E-state index in [0.29, 0.717) is 4.47 Å². The Hall–Kier alpha value is -0.660. The average molecular weight is 269 g/mol. The molecule has 0 aliphatic carbocycles. The van der Waals surface area contributed by atoms with E-state index in [-0.39, 0.29) is 5.69 Å². The number of nitrogens with one attached hydrogen (secondary N) is 1. The molecule has 0 bridgehead atoms. The van der Waals surface area contributed by atoms with E-state index in [0.717, 1.165) is 6.07 Å². The van der Waals surface area contributed by atoms with E-state index in [2.05, 4.69) is 21.1 Å². The van der Waals surface area contributed by atoms with E-state index in [1.165, 1.54) is 12.1 Å². The summed E-state index contributed by atoms with van der Waals surface area (Å²) in [6, 6.07) is 3.90. The summed E-state index contributed by atoms with van der Waals surface area (Å²) in [5, 5.41) is 4.66. The predicted octanol–water partition coefficient (Wildman–Crippen LogP) is 1.20. The fraction of sp³-hybridized carbons (Fsp3) is 0. The smallest absolute Gasteiger partial charge is 0.268 e. The minimum atomic E-state index is -3.92. The predicted molar refractivity (Wildman–Crippen MR) is 50.8 cm³/mol. The quantitative estimate of drug-likeness (QED) is 0.846. The Morgan fingerprint density at radius 3 is 2.54 bits per heavy atom. The highest BCUT2D eigenvalue weighted by Gasteiger charge is 2.07. The molecule has 0 saturated carbocycles. The molecule has 0 saturated heterocycles. The van der Waals surface area contributed by atoms with Crippen molar-refractivity contribution in [3.8, 4) is 0 Å². The molecule has 72 valence electrons. The van der Waals surface area contributed by atoms with E-state index >= 15 is 0 Å². The standard InChI is InChI=1S/C6H6BrFN2O2S/c7-4-1-2-6(5(8)3-4)10-13(9,11)12/h1-3,10H,(H2,9,11,12). The molecule has 0 aliphatic heterocycles. The molecular weight excluding hydrogens is 263 g/mol. The van der Waals surface area contributed by atoms with Crippen LogP contribution in [0.4, 0.5) is 10.1 Å². The zero-order valence-electron chi connectivity index (χ0n) is 6.29. The van der Waals surface area contributed by atoms with Crippen LogP contribution in [0.15, 0.2) is 22.7 Å². The van der Waals surface area contributed by atoms with Gasteiger partial charge in [0.25, 0.3) is 10.2 Å². The molecule has 1 aromatic carbocycles. The van der Waals surface area contributed by atoms with Crippen molar-refractivity contribution in [1.29, 1.82) is 0 Å². The maximum Gasteiger partial charge on any atom is 0.296 e. The van der Waals surface area contributed by atoms with Gasteiger partial charge in [0.15, 0.2) is 0 Å². The number of rotatable bonds is 2. The SMILES string of the molecule is NS(=O)(=O)Nc1ccc(Br)cc1F. The fourth-order valence-corrected chi connectivity index (χ4v) is 1.53. The normalized spacial score (nSPS) is 11.3. The Morgan fingerprint density at radius 2 is 2.08 bits per heavy atom. The van der Waals surface area contributed by atoms with Crippen LogP contribution in [0.5, 0.6) is 0 Å². The van der Waals surface area contributed by atoms with E-state index in [4.69, 9.17) is 0 Å². The minimum Gasteiger partial charge on any atom is -0.268 e. The van der Waals surface area contributed by atoms with Gasteiger partial charge in [-0.2, -0.15) is 8.42 Å². The van der Waals surface area contributed by atoms with E-state index in [1.807, 2.05) is 4.72 Å². The average Bonchev–Trinajstić information content (AvgIpc) is 1.93. The molecule has 0 spiro atoms. The second-order valence-electron chi connectivity index (χ2n) is 2.27. The van der Waals surface area contributed by atoms with E-state index < -0.39 is 16.0 Å². The minimum absolute atomic E-state index is 0.175. The van der Waals surface area contributed by atoms with Gasteiger partial charge in [-0.15, -0.1) is 0 Å². The zero-order valence-corrected chi connectivity index (χ0v) is 8.69. The summed E-state index contributed by atoms with van der Waals surface area (Å²) in [7, 11) is -3.92. The summed E-state index contributed by atoms with van der Waals surface area (Å²) >= 11 is 3.03. The molecule has 0 radical (unpaired) electrons. The molecule has 0 fully saturated rings. The van der Waals surface area contributed by atoms with Crippen molar-refractivity contribution in [2.75, 3.05) is 4.72 Å². The zero-order chi connectivity index (χ0) is 10.1. The molecule has 1 rings (SSSR count). The first-order chi connectivity index (χ1) is 5.88. The third kappa shape index (κ3) is 3.29. The van der Waals surface area contributed by atoms with Gasteiger partial charge in [-0.25, -0.2) is 9.53 Å². The highest BCUT2D eigenvalue weighted by Crippen LogP contribution is 2.19. The lowest BCUT2D eigenvalue weighted by atomic mass is 10.3. The Labute approximate surface area is 83.3 Å². The van der Waals surface area contributed by atoms with Gasteiger partial charge < -0.3 is 0 Å². The van der Waals surface area contributed by atoms with Crippen LogP contribution in [0, 0.1) is 5.82 Å². The first kappa shape index (κ1) is 10.4. The van der Waals surface area contributed by atoms with Gasteiger partial charge in [-0.3, -0.25) is 4.72 Å².